The monoisotopic (exact) mass is 313 g/mol. The Labute approximate surface area is 132 Å². The van der Waals surface area contributed by atoms with Crippen molar-refractivity contribution in [1.82, 2.24) is 19.9 Å². The third kappa shape index (κ3) is 2.58. The van der Waals surface area contributed by atoms with Crippen LogP contribution in [0.3, 0.4) is 0 Å². The van der Waals surface area contributed by atoms with Gasteiger partial charge in [0.2, 0.25) is 0 Å². The first-order valence-electron chi connectivity index (χ1n) is 7.61. The molecule has 1 atom stereocenters. The normalized spacial score (nSPS) is 17.8. The van der Waals surface area contributed by atoms with Crippen LogP contribution in [0, 0.1) is 5.82 Å². The number of nitrogens with zero attached hydrogens (tertiary/aromatic N) is 4. The van der Waals surface area contributed by atoms with Crippen molar-refractivity contribution in [3.63, 3.8) is 0 Å². The molecule has 0 amide bonds. The van der Waals surface area contributed by atoms with Gasteiger partial charge in [0.25, 0.3) is 0 Å². The molecule has 6 nitrogen and oxygen atoms in total. The zero-order valence-corrected chi connectivity index (χ0v) is 12.4. The molecule has 118 valence electrons. The average molecular weight is 313 g/mol. The van der Waals surface area contributed by atoms with E-state index in [1.54, 1.807) is 24.5 Å². The average Bonchev–Trinajstić information content (AvgIpc) is 3.22. The topological polar surface area (TPSA) is 66.9 Å². The number of ether oxygens (including phenoxy) is 1. The molecule has 2 aromatic heterocycles. The number of hydrogen-bond acceptors (Lipinski definition) is 5. The molecule has 1 saturated heterocycles. The van der Waals surface area contributed by atoms with Crippen LogP contribution in [0.2, 0.25) is 0 Å². The minimum atomic E-state index is -0.338. The maximum Gasteiger partial charge on any atom is 0.182 e. The predicted octanol–water partition coefficient (Wildman–Crippen LogP) is 2.54. The zero-order valence-electron chi connectivity index (χ0n) is 12.4. The number of rotatable bonds is 4. The Balaban J connectivity index is 1.55. The van der Waals surface area contributed by atoms with Crippen molar-refractivity contribution in [2.45, 2.75) is 18.9 Å². The maximum atomic E-state index is 13.7. The molecule has 1 aromatic carbocycles. The summed E-state index contributed by atoms with van der Waals surface area (Å²) in [6.45, 7) is 1.30. The van der Waals surface area contributed by atoms with Gasteiger partial charge in [0, 0.05) is 6.54 Å². The smallest absolute Gasteiger partial charge is 0.182 e. The van der Waals surface area contributed by atoms with Crippen LogP contribution in [0.25, 0.3) is 11.2 Å². The molecular weight excluding hydrogens is 297 g/mol. The van der Waals surface area contributed by atoms with E-state index in [0.717, 1.165) is 30.7 Å². The largest absolute Gasteiger partial charge is 0.488 e. The molecule has 0 saturated carbocycles. The van der Waals surface area contributed by atoms with Gasteiger partial charge >= 0.3 is 0 Å². The molecule has 3 heterocycles. The Bertz CT molecular complexity index is 821. The summed E-state index contributed by atoms with van der Waals surface area (Å²) in [5, 5.41) is 0. The summed E-state index contributed by atoms with van der Waals surface area (Å²) in [6.07, 6.45) is 5.16. The fourth-order valence-electron chi connectivity index (χ4n) is 3.01. The second-order valence-electron chi connectivity index (χ2n) is 5.53. The lowest BCUT2D eigenvalue weighted by Gasteiger charge is -2.25. The molecule has 1 fully saturated rings. The van der Waals surface area contributed by atoms with Crippen molar-refractivity contribution >= 4 is 17.0 Å². The van der Waals surface area contributed by atoms with Gasteiger partial charge in [-0.05, 0) is 25.0 Å². The summed E-state index contributed by atoms with van der Waals surface area (Å²) in [5.41, 5.74) is 1.47. The van der Waals surface area contributed by atoms with Gasteiger partial charge in [-0.3, -0.25) is 0 Å². The molecule has 23 heavy (non-hydrogen) atoms. The molecule has 1 aliphatic rings. The van der Waals surface area contributed by atoms with Gasteiger partial charge in [-0.25, -0.2) is 19.3 Å². The van der Waals surface area contributed by atoms with Gasteiger partial charge in [0.1, 0.15) is 18.5 Å². The lowest BCUT2D eigenvalue weighted by Crippen LogP contribution is -2.35. The van der Waals surface area contributed by atoms with E-state index in [9.17, 15) is 4.39 Å². The molecule has 1 aliphatic heterocycles. The second kappa shape index (κ2) is 5.83. The number of halogens is 1. The number of H-pyrrole nitrogens is 1. The Morgan fingerprint density at radius 1 is 1.26 bits per heavy atom. The predicted molar refractivity (Wildman–Crippen MR) is 83.9 cm³/mol. The number of benzene rings is 1. The van der Waals surface area contributed by atoms with Gasteiger partial charge in [-0.2, -0.15) is 0 Å². The highest BCUT2D eigenvalue weighted by molar-refractivity contribution is 5.82. The van der Waals surface area contributed by atoms with Gasteiger partial charge in [0.15, 0.2) is 23.0 Å². The molecule has 0 bridgehead atoms. The number of para-hydroxylation sites is 1. The summed E-state index contributed by atoms with van der Waals surface area (Å²) in [6, 6.07) is 6.62. The van der Waals surface area contributed by atoms with E-state index in [0.29, 0.717) is 12.3 Å². The van der Waals surface area contributed by atoms with Crippen molar-refractivity contribution in [1.29, 1.82) is 0 Å². The molecule has 4 rings (SSSR count). The number of aromatic nitrogens is 4. The van der Waals surface area contributed by atoms with Gasteiger partial charge < -0.3 is 14.6 Å². The molecule has 0 spiro atoms. The molecule has 0 aliphatic carbocycles. The maximum absolute atomic E-state index is 13.7. The number of fused-ring (bicyclic) bond motifs is 1. The van der Waals surface area contributed by atoms with E-state index in [-0.39, 0.29) is 17.6 Å². The van der Waals surface area contributed by atoms with Gasteiger partial charge in [-0.1, -0.05) is 12.1 Å². The van der Waals surface area contributed by atoms with E-state index in [1.807, 2.05) is 0 Å². The van der Waals surface area contributed by atoms with Crippen LogP contribution in [-0.2, 0) is 0 Å². The van der Waals surface area contributed by atoms with Crippen molar-refractivity contribution in [2.24, 2.45) is 0 Å². The molecule has 0 radical (unpaired) electrons. The Morgan fingerprint density at radius 3 is 3.09 bits per heavy atom. The first-order chi connectivity index (χ1) is 11.3. The van der Waals surface area contributed by atoms with E-state index in [4.69, 9.17) is 4.74 Å². The van der Waals surface area contributed by atoms with Crippen molar-refractivity contribution < 1.29 is 9.13 Å². The lowest BCUT2D eigenvalue weighted by molar-refractivity contribution is 0.275. The summed E-state index contributed by atoms with van der Waals surface area (Å²) in [7, 11) is 0. The minimum Gasteiger partial charge on any atom is -0.488 e. The molecular formula is C16H16FN5O. The number of nitrogens with one attached hydrogen (secondary N) is 1. The van der Waals surface area contributed by atoms with Crippen LogP contribution in [0.5, 0.6) is 5.75 Å². The van der Waals surface area contributed by atoms with Crippen LogP contribution in [-0.4, -0.2) is 39.1 Å². The quantitative estimate of drug-likeness (QED) is 0.802. The van der Waals surface area contributed by atoms with Crippen LogP contribution >= 0.6 is 0 Å². The highest BCUT2D eigenvalue weighted by Gasteiger charge is 2.28. The summed E-state index contributed by atoms with van der Waals surface area (Å²) >= 11 is 0. The fraction of sp³-hybridized carbons (Fsp3) is 0.312. The summed E-state index contributed by atoms with van der Waals surface area (Å²) in [4.78, 5) is 18.0. The van der Waals surface area contributed by atoms with Crippen molar-refractivity contribution in [3.8, 4) is 5.75 Å². The molecule has 3 aromatic rings. The SMILES string of the molecule is Fc1ccccc1OCC1CCCN1c1ncnc2nc[nH]c12. The standard InChI is InChI=1S/C16H16FN5O/c17-12-5-1-2-6-13(12)23-8-11-4-3-7-22(11)16-14-15(19-9-18-14)20-10-21-16/h1-2,5-6,9-11H,3-4,7-8H2,(H,18,19,20,21). The van der Waals surface area contributed by atoms with E-state index in [2.05, 4.69) is 24.8 Å². The first-order valence-corrected chi connectivity index (χ1v) is 7.61. The van der Waals surface area contributed by atoms with E-state index >= 15 is 0 Å². The Morgan fingerprint density at radius 2 is 2.17 bits per heavy atom. The van der Waals surface area contributed by atoms with Gasteiger partial charge in [-0.15, -0.1) is 0 Å². The lowest BCUT2D eigenvalue weighted by atomic mass is 10.2. The Kier molecular flexibility index (Phi) is 3.53. The summed E-state index contributed by atoms with van der Waals surface area (Å²) in [5.74, 6) is 0.774. The molecule has 7 heteroatoms. The van der Waals surface area contributed by atoms with Crippen molar-refractivity contribution in [3.05, 3.63) is 42.7 Å². The van der Waals surface area contributed by atoms with Crippen LogP contribution in [0.1, 0.15) is 12.8 Å². The zero-order chi connectivity index (χ0) is 15.6. The number of anilines is 1. The summed E-state index contributed by atoms with van der Waals surface area (Å²) < 4.78 is 19.4. The van der Waals surface area contributed by atoms with Gasteiger partial charge in [0.05, 0.1) is 12.4 Å². The highest BCUT2D eigenvalue weighted by atomic mass is 19.1. The fourth-order valence-corrected chi connectivity index (χ4v) is 3.01. The number of hydrogen-bond donors (Lipinski definition) is 1. The van der Waals surface area contributed by atoms with Crippen molar-refractivity contribution in [2.75, 3.05) is 18.1 Å². The number of imidazole rings is 1. The second-order valence-corrected chi connectivity index (χ2v) is 5.53. The Hall–Kier alpha value is -2.70. The number of aromatic amines is 1. The van der Waals surface area contributed by atoms with Crippen LogP contribution in [0.4, 0.5) is 10.2 Å². The first kappa shape index (κ1) is 13.9. The minimum absolute atomic E-state index is 0.149. The van der Waals surface area contributed by atoms with E-state index in [1.165, 1.54) is 12.4 Å². The highest BCUT2D eigenvalue weighted by Crippen LogP contribution is 2.28. The third-order valence-electron chi connectivity index (χ3n) is 4.12. The van der Waals surface area contributed by atoms with Crippen LogP contribution < -0.4 is 9.64 Å². The van der Waals surface area contributed by atoms with E-state index < -0.39 is 0 Å². The third-order valence-corrected chi connectivity index (χ3v) is 4.12. The van der Waals surface area contributed by atoms with Crippen LogP contribution in [0.15, 0.2) is 36.9 Å². The molecule has 1 N–H and O–H groups in total. The molecule has 1 unspecified atom stereocenters.